The van der Waals surface area contributed by atoms with Crippen molar-refractivity contribution in [1.29, 1.82) is 0 Å². The quantitative estimate of drug-likeness (QED) is 0.801. The monoisotopic (exact) mass is 302 g/mol. The smallest absolute Gasteiger partial charge is 0.310 e. The van der Waals surface area contributed by atoms with E-state index in [0.717, 1.165) is 15.6 Å². The fraction of sp³-hybridized carbons (Fsp3) is 0.286. The number of thiophene rings is 1. The van der Waals surface area contributed by atoms with Crippen molar-refractivity contribution in [3.63, 3.8) is 0 Å². The van der Waals surface area contributed by atoms with Crippen molar-refractivity contribution in [3.05, 3.63) is 29.6 Å². The van der Waals surface area contributed by atoms with Crippen molar-refractivity contribution in [2.75, 3.05) is 0 Å². The minimum atomic E-state index is -0.935. The van der Waals surface area contributed by atoms with Crippen LogP contribution in [0.5, 0.6) is 0 Å². The standard InChI is InChI=1S/C14H14N4O2S/c1-14(2,13(19)20)8-18-12(15-16-17-18)10-7-21-11-6-4-3-5-9(10)11/h3-7H,8H2,1-2H3,(H,19,20). The van der Waals surface area contributed by atoms with Crippen LogP contribution in [0.15, 0.2) is 29.6 Å². The van der Waals surface area contributed by atoms with E-state index >= 15 is 0 Å². The summed E-state index contributed by atoms with van der Waals surface area (Å²) in [5.41, 5.74) is -0.00236. The Balaban J connectivity index is 2.05. The predicted octanol–water partition coefficient (Wildman–Crippen LogP) is 2.67. The van der Waals surface area contributed by atoms with E-state index in [2.05, 4.69) is 15.5 Å². The van der Waals surface area contributed by atoms with Gasteiger partial charge in [-0.15, -0.1) is 16.4 Å². The lowest BCUT2D eigenvalue weighted by atomic mass is 9.94. The summed E-state index contributed by atoms with van der Waals surface area (Å²) in [4.78, 5) is 11.3. The van der Waals surface area contributed by atoms with E-state index in [0.29, 0.717) is 5.82 Å². The first-order valence-corrected chi connectivity index (χ1v) is 7.33. The number of hydrogen-bond donors (Lipinski definition) is 1. The first-order valence-electron chi connectivity index (χ1n) is 6.45. The molecule has 0 atom stereocenters. The SMILES string of the molecule is CC(C)(Cn1nnnc1-c1csc2ccccc12)C(=O)O. The molecule has 2 heterocycles. The van der Waals surface area contributed by atoms with Crippen molar-refractivity contribution in [1.82, 2.24) is 20.2 Å². The number of carboxylic acids is 1. The second-order valence-electron chi connectivity index (χ2n) is 5.49. The zero-order valence-electron chi connectivity index (χ0n) is 11.6. The first-order chi connectivity index (χ1) is 9.99. The molecule has 0 fully saturated rings. The molecule has 0 unspecified atom stereocenters. The van der Waals surface area contributed by atoms with Crippen LogP contribution in [0, 0.1) is 5.41 Å². The molecular weight excluding hydrogens is 288 g/mol. The van der Waals surface area contributed by atoms with E-state index in [4.69, 9.17) is 0 Å². The van der Waals surface area contributed by atoms with Gasteiger partial charge in [0.2, 0.25) is 0 Å². The number of fused-ring (bicyclic) bond motifs is 1. The molecule has 0 radical (unpaired) electrons. The van der Waals surface area contributed by atoms with Crippen LogP contribution in [0.1, 0.15) is 13.8 Å². The van der Waals surface area contributed by atoms with E-state index in [1.54, 1.807) is 29.9 Å². The molecule has 0 aliphatic heterocycles. The number of nitrogens with zero attached hydrogens (tertiary/aromatic N) is 4. The lowest BCUT2D eigenvalue weighted by Gasteiger charge is -2.18. The largest absolute Gasteiger partial charge is 0.481 e. The van der Waals surface area contributed by atoms with Crippen LogP contribution in [0.3, 0.4) is 0 Å². The predicted molar refractivity (Wildman–Crippen MR) is 80.1 cm³/mol. The highest BCUT2D eigenvalue weighted by molar-refractivity contribution is 7.17. The summed E-state index contributed by atoms with van der Waals surface area (Å²) in [7, 11) is 0. The Morgan fingerprint density at radius 1 is 1.38 bits per heavy atom. The zero-order chi connectivity index (χ0) is 15.0. The Morgan fingerprint density at radius 3 is 2.90 bits per heavy atom. The minimum Gasteiger partial charge on any atom is -0.481 e. The van der Waals surface area contributed by atoms with E-state index in [-0.39, 0.29) is 6.54 Å². The molecule has 0 saturated carbocycles. The molecule has 0 spiro atoms. The van der Waals surface area contributed by atoms with Gasteiger partial charge in [0.25, 0.3) is 0 Å². The Bertz CT molecular complexity index is 806. The summed E-state index contributed by atoms with van der Waals surface area (Å²) in [6, 6.07) is 8.01. The third-order valence-electron chi connectivity index (χ3n) is 3.38. The number of tetrazole rings is 1. The van der Waals surface area contributed by atoms with Gasteiger partial charge in [0.15, 0.2) is 5.82 Å². The van der Waals surface area contributed by atoms with E-state index in [1.807, 2.05) is 29.6 Å². The molecule has 1 N–H and O–H groups in total. The van der Waals surface area contributed by atoms with Gasteiger partial charge in [0, 0.05) is 21.0 Å². The molecule has 6 nitrogen and oxygen atoms in total. The van der Waals surface area contributed by atoms with Crippen molar-refractivity contribution in [2.45, 2.75) is 20.4 Å². The molecule has 0 amide bonds. The van der Waals surface area contributed by atoms with Gasteiger partial charge >= 0.3 is 5.97 Å². The molecule has 3 aromatic rings. The summed E-state index contributed by atoms with van der Waals surface area (Å²) in [5, 5.41) is 24.0. The van der Waals surface area contributed by atoms with Crippen LogP contribution in [-0.4, -0.2) is 31.3 Å². The second kappa shape index (κ2) is 4.92. The number of benzene rings is 1. The van der Waals surface area contributed by atoms with Gasteiger partial charge in [-0.3, -0.25) is 4.79 Å². The highest BCUT2D eigenvalue weighted by atomic mass is 32.1. The average molecular weight is 302 g/mol. The summed E-state index contributed by atoms with van der Waals surface area (Å²) in [5.74, 6) is -0.277. The number of aromatic nitrogens is 4. The van der Waals surface area contributed by atoms with Gasteiger partial charge in [-0.2, -0.15) is 0 Å². The molecule has 7 heteroatoms. The molecule has 0 saturated heterocycles. The molecule has 21 heavy (non-hydrogen) atoms. The molecule has 0 aliphatic rings. The number of rotatable bonds is 4. The van der Waals surface area contributed by atoms with Crippen LogP contribution in [-0.2, 0) is 11.3 Å². The Hall–Kier alpha value is -2.28. The van der Waals surface area contributed by atoms with Gasteiger partial charge in [-0.1, -0.05) is 18.2 Å². The maximum Gasteiger partial charge on any atom is 0.310 e. The Morgan fingerprint density at radius 2 is 2.14 bits per heavy atom. The van der Waals surface area contributed by atoms with Crippen molar-refractivity contribution < 1.29 is 9.90 Å². The number of carbonyl (C=O) groups is 1. The van der Waals surface area contributed by atoms with E-state index in [1.165, 1.54) is 0 Å². The fourth-order valence-electron chi connectivity index (χ4n) is 2.10. The maximum atomic E-state index is 11.3. The van der Waals surface area contributed by atoms with Gasteiger partial charge in [-0.05, 0) is 30.3 Å². The lowest BCUT2D eigenvalue weighted by Crippen LogP contribution is -2.30. The van der Waals surface area contributed by atoms with Crippen LogP contribution >= 0.6 is 11.3 Å². The van der Waals surface area contributed by atoms with Crippen molar-refractivity contribution in [3.8, 4) is 11.4 Å². The zero-order valence-corrected chi connectivity index (χ0v) is 12.5. The second-order valence-corrected chi connectivity index (χ2v) is 6.41. The molecule has 0 bridgehead atoms. The average Bonchev–Trinajstić information content (AvgIpc) is 3.04. The van der Waals surface area contributed by atoms with Crippen molar-refractivity contribution in [2.24, 2.45) is 5.41 Å². The van der Waals surface area contributed by atoms with Crippen LogP contribution in [0.25, 0.3) is 21.5 Å². The molecule has 108 valence electrons. The maximum absolute atomic E-state index is 11.3. The fourth-order valence-corrected chi connectivity index (χ4v) is 3.04. The van der Waals surface area contributed by atoms with E-state index < -0.39 is 11.4 Å². The summed E-state index contributed by atoms with van der Waals surface area (Å²) < 4.78 is 2.71. The summed E-state index contributed by atoms with van der Waals surface area (Å²) in [6.07, 6.45) is 0. The molecule has 1 aromatic carbocycles. The third kappa shape index (κ3) is 2.40. The van der Waals surface area contributed by atoms with Gasteiger partial charge in [0.1, 0.15) is 0 Å². The lowest BCUT2D eigenvalue weighted by molar-refractivity contribution is -0.147. The Kier molecular flexibility index (Phi) is 3.21. The van der Waals surface area contributed by atoms with E-state index in [9.17, 15) is 9.90 Å². The van der Waals surface area contributed by atoms with Crippen LogP contribution in [0.4, 0.5) is 0 Å². The highest BCUT2D eigenvalue weighted by Gasteiger charge is 2.30. The third-order valence-corrected chi connectivity index (χ3v) is 4.34. The molecule has 0 aliphatic carbocycles. The molecule has 2 aromatic heterocycles. The summed E-state index contributed by atoms with van der Waals surface area (Å²) >= 11 is 1.62. The number of aliphatic carboxylic acids is 1. The van der Waals surface area contributed by atoms with Crippen LogP contribution < -0.4 is 0 Å². The Labute approximate surface area is 125 Å². The minimum absolute atomic E-state index is 0.217. The number of hydrogen-bond acceptors (Lipinski definition) is 5. The van der Waals surface area contributed by atoms with Gasteiger partial charge in [0.05, 0.1) is 12.0 Å². The highest BCUT2D eigenvalue weighted by Crippen LogP contribution is 2.33. The van der Waals surface area contributed by atoms with Gasteiger partial charge in [-0.25, -0.2) is 4.68 Å². The molecular formula is C14H14N4O2S. The summed E-state index contributed by atoms with van der Waals surface area (Å²) in [6.45, 7) is 3.54. The molecule has 3 rings (SSSR count). The normalized spacial score (nSPS) is 11.9. The first kappa shape index (κ1) is 13.7. The van der Waals surface area contributed by atoms with Gasteiger partial charge < -0.3 is 5.11 Å². The van der Waals surface area contributed by atoms with Crippen molar-refractivity contribution >= 4 is 27.4 Å². The van der Waals surface area contributed by atoms with Crippen LogP contribution in [0.2, 0.25) is 0 Å². The topological polar surface area (TPSA) is 80.9 Å². The number of carboxylic acid groups (broad SMARTS) is 1.